The highest BCUT2D eigenvalue weighted by Gasteiger charge is 2.20. The van der Waals surface area contributed by atoms with Crippen molar-refractivity contribution in [3.05, 3.63) is 84.4 Å². The Balaban J connectivity index is 1.56. The van der Waals surface area contributed by atoms with Gasteiger partial charge in [-0.1, -0.05) is 42.5 Å². The minimum Gasteiger partial charge on any atom is -0.497 e. The van der Waals surface area contributed by atoms with E-state index in [9.17, 15) is 4.79 Å². The fraction of sp³-hybridized carbons (Fsp3) is 0.120. The number of ether oxygens (including phenoxy) is 3. The van der Waals surface area contributed by atoms with E-state index in [1.807, 2.05) is 78.9 Å². The molecular formula is C25H20N2O4. The summed E-state index contributed by atoms with van der Waals surface area (Å²) in [6, 6.07) is 24.9. The first-order valence-electron chi connectivity index (χ1n) is 9.93. The van der Waals surface area contributed by atoms with Crippen molar-refractivity contribution < 1.29 is 19.0 Å². The van der Waals surface area contributed by atoms with E-state index in [0.717, 1.165) is 22.4 Å². The molecule has 2 heterocycles. The zero-order valence-electron chi connectivity index (χ0n) is 16.9. The number of carbonyl (C=O) groups is 1. The van der Waals surface area contributed by atoms with Gasteiger partial charge in [0.2, 0.25) is 6.79 Å². The molecule has 1 aromatic heterocycles. The Morgan fingerprint density at radius 2 is 1.77 bits per heavy atom. The Kier molecular flexibility index (Phi) is 4.88. The Morgan fingerprint density at radius 3 is 2.61 bits per heavy atom. The van der Waals surface area contributed by atoms with Gasteiger partial charge < -0.3 is 14.2 Å². The highest BCUT2D eigenvalue weighted by atomic mass is 16.7. The molecule has 6 nitrogen and oxygen atoms in total. The van der Waals surface area contributed by atoms with Gasteiger partial charge in [0, 0.05) is 11.1 Å². The van der Waals surface area contributed by atoms with E-state index in [1.54, 1.807) is 7.11 Å². The van der Waals surface area contributed by atoms with Crippen LogP contribution in [-0.4, -0.2) is 29.6 Å². The number of fused-ring (bicyclic) bond motifs is 1. The van der Waals surface area contributed by atoms with Gasteiger partial charge in [-0.3, -0.25) is 4.79 Å². The van der Waals surface area contributed by atoms with Gasteiger partial charge in [0.1, 0.15) is 5.75 Å². The van der Waals surface area contributed by atoms with Gasteiger partial charge in [-0.15, -0.1) is 0 Å². The highest BCUT2D eigenvalue weighted by molar-refractivity contribution is 5.87. The second kappa shape index (κ2) is 7.99. The topological polar surface area (TPSA) is 62.6 Å². The van der Waals surface area contributed by atoms with Crippen LogP contribution in [0.15, 0.2) is 78.9 Å². The number of methoxy groups -OCH3 is 1. The van der Waals surface area contributed by atoms with Crippen LogP contribution in [0.2, 0.25) is 0 Å². The van der Waals surface area contributed by atoms with Crippen LogP contribution in [0.5, 0.6) is 17.2 Å². The fourth-order valence-electron chi connectivity index (χ4n) is 3.61. The van der Waals surface area contributed by atoms with E-state index in [-0.39, 0.29) is 19.1 Å². The monoisotopic (exact) mass is 412 g/mol. The standard InChI is InChI=1S/C25H20N2O4/c1-29-20-9-5-6-17(12-20)13-25(28)27-22(15-21(26-27)18-7-3-2-4-8-18)19-10-11-23-24(14-19)31-16-30-23/h2-12,14-15H,13,16H2,1H3. The summed E-state index contributed by atoms with van der Waals surface area (Å²) in [4.78, 5) is 13.3. The van der Waals surface area contributed by atoms with Crippen LogP contribution < -0.4 is 14.2 Å². The number of carbonyl (C=O) groups excluding carboxylic acids is 1. The lowest BCUT2D eigenvalue weighted by Crippen LogP contribution is -2.16. The lowest BCUT2D eigenvalue weighted by Gasteiger charge is -2.08. The Labute approximate surface area is 179 Å². The Morgan fingerprint density at radius 1 is 0.935 bits per heavy atom. The van der Waals surface area contributed by atoms with Gasteiger partial charge in [-0.2, -0.15) is 9.78 Å². The maximum Gasteiger partial charge on any atom is 0.251 e. The van der Waals surface area contributed by atoms with E-state index in [2.05, 4.69) is 5.10 Å². The van der Waals surface area contributed by atoms with E-state index < -0.39 is 0 Å². The average molecular weight is 412 g/mol. The number of benzene rings is 3. The smallest absolute Gasteiger partial charge is 0.251 e. The van der Waals surface area contributed by atoms with Gasteiger partial charge in [0.25, 0.3) is 5.91 Å². The molecule has 1 aliphatic rings. The van der Waals surface area contributed by atoms with Crippen molar-refractivity contribution in [3.63, 3.8) is 0 Å². The maximum atomic E-state index is 13.3. The summed E-state index contributed by atoms with van der Waals surface area (Å²) in [7, 11) is 1.61. The number of nitrogens with zero attached hydrogens (tertiary/aromatic N) is 2. The molecule has 0 amide bonds. The van der Waals surface area contributed by atoms with E-state index in [4.69, 9.17) is 14.2 Å². The van der Waals surface area contributed by atoms with Crippen LogP contribution in [-0.2, 0) is 6.42 Å². The summed E-state index contributed by atoms with van der Waals surface area (Å²) >= 11 is 0. The fourth-order valence-corrected chi connectivity index (χ4v) is 3.61. The summed E-state index contributed by atoms with van der Waals surface area (Å²) in [5, 5.41) is 4.65. The molecule has 31 heavy (non-hydrogen) atoms. The van der Waals surface area contributed by atoms with Gasteiger partial charge in [0.05, 0.1) is 24.9 Å². The molecule has 0 saturated heterocycles. The molecule has 6 heteroatoms. The molecule has 0 saturated carbocycles. The summed E-state index contributed by atoms with van der Waals surface area (Å²) < 4.78 is 17.7. The third-order valence-corrected chi connectivity index (χ3v) is 5.17. The Hall–Kier alpha value is -4.06. The van der Waals surface area contributed by atoms with Crippen molar-refractivity contribution in [2.24, 2.45) is 0 Å². The van der Waals surface area contributed by atoms with Crippen LogP contribution in [0.4, 0.5) is 0 Å². The zero-order valence-corrected chi connectivity index (χ0v) is 16.9. The molecule has 0 radical (unpaired) electrons. The van der Waals surface area contributed by atoms with Crippen LogP contribution >= 0.6 is 0 Å². The van der Waals surface area contributed by atoms with E-state index >= 15 is 0 Å². The molecule has 154 valence electrons. The molecule has 0 bridgehead atoms. The van der Waals surface area contributed by atoms with Crippen molar-refractivity contribution in [1.29, 1.82) is 0 Å². The molecule has 0 N–H and O–H groups in total. The number of hydrogen-bond donors (Lipinski definition) is 0. The SMILES string of the molecule is COc1cccc(CC(=O)n2nc(-c3ccccc3)cc2-c2ccc3c(c2)OCO3)c1. The minimum atomic E-state index is -0.136. The molecule has 5 rings (SSSR count). The molecule has 0 fully saturated rings. The van der Waals surface area contributed by atoms with Gasteiger partial charge in [-0.25, -0.2) is 0 Å². The quantitative estimate of drug-likeness (QED) is 0.470. The second-order valence-corrected chi connectivity index (χ2v) is 7.18. The largest absolute Gasteiger partial charge is 0.497 e. The molecule has 3 aromatic carbocycles. The minimum absolute atomic E-state index is 0.136. The van der Waals surface area contributed by atoms with E-state index in [0.29, 0.717) is 22.9 Å². The summed E-state index contributed by atoms with van der Waals surface area (Å²) in [5.74, 6) is 1.93. The molecule has 0 unspecified atom stereocenters. The lowest BCUT2D eigenvalue weighted by molar-refractivity contribution is 0.0901. The van der Waals surface area contributed by atoms with Gasteiger partial charge in [0.15, 0.2) is 11.5 Å². The zero-order chi connectivity index (χ0) is 21.2. The van der Waals surface area contributed by atoms with Crippen molar-refractivity contribution in [3.8, 4) is 39.8 Å². The van der Waals surface area contributed by atoms with Crippen molar-refractivity contribution in [1.82, 2.24) is 9.78 Å². The first kappa shape index (κ1) is 18.9. The molecular weight excluding hydrogens is 392 g/mol. The summed E-state index contributed by atoms with van der Waals surface area (Å²) in [5.41, 5.74) is 4.06. The van der Waals surface area contributed by atoms with Crippen molar-refractivity contribution in [2.45, 2.75) is 6.42 Å². The molecule has 0 atom stereocenters. The first-order valence-corrected chi connectivity index (χ1v) is 9.93. The Bertz CT molecular complexity index is 1250. The molecule has 0 spiro atoms. The predicted molar refractivity (Wildman–Crippen MR) is 117 cm³/mol. The average Bonchev–Trinajstić information content (AvgIpc) is 3.46. The molecule has 4 aromatic rings. The lowest BCUT2D eigenvalue weighted by atomic mass is 10.1. The number of hydrogen-bond acceptors (Lipinski definition) is 5. The van der Waals surface area contributed by atoms with Crippen molar-refractivity contribution >= 4 is 5.91 Å². The molecule has 0 aliphatic carbocycles. The van der Waals surface area contributed by atoms with Crippen LogP contribution in [0.1, 0.15) is 10.4 Å². The maximum absolute atomic E-state index is 13.3. The van der Waals surface area contributed by atoms with Crippen LogP contribution in [0.3, 0.4) is 0 Å². The number of aromatic nitrogens is 2. The van der Waals surface area contributed by atoms with Gasteiger partial charge >= 0.3 is 0 Å². The summed E-state index contributed by atoms with van der Waals surface area (Å²) in [6.45, 7) is 0.197. The first-order chi connectivity index (χ1) is 15.2. The second-order valence-electron chi connectivity index (χ2n) is 7.18. The highest BCUT2D eigenvalue weighted by Crippen LogP contribution is 2.37. The van der Waals surface area contributed by atoms with Gasteiger partial charge in [-0.05, 0) is 42.0 Å². The predicted octanol–water partition coefficient (Wildman–Crippen LogP) is 4.84. The summed E-state index contributed by atoms with van der Waals surface area (Å²) in [6.07, 6.45) is 0.199. The number of rotatable bonds is 5. The van der Waals surface area contributed by atoms with Crippen LogP contribution in [0, 0.1) is 0 Å². The normalized spacial score (nSPS) is 12.0. The van der Waals surface area contributed by atoms with Crippen molar-refractivity contribution in [2.75, 3.05) is 13.9 Å². The van der Waals surface area contributed by atoms with Crippen LogP contribution in [0.25, 0.3) is 22.5 Å². The van der Waals surface area contributed by atoms with E-state index in [1.165, 1.54) is 4.68 Å². The third kappa shape index (κ3) is 3.75. The molecule has 1 aliphatic heterocycles. The third-order valence-electron chi connectivity index (χ3n) is 5.17.